The Kier molecular flexibility index (Phi) is 5.03. The highest BCUT2D eigenvalue weighted by Crippen LogP contribution is 2.27. The van der Waals surface area contributed by atoms with Crippen LogP contribution in [0.5, 0.6) is 0 Å². The zero-order valence-corrected chi connectivity index (χ0v) is 14.5. The topological polar surface area (TPSA) is 58.6 Å². The molecule has 0 aliphatic carbocycles. The first-order valence-corrected chi connectivity index (χ1v) is 8.49. The monoisotopic (exact) mass is 338 g/mol. The van der Waals surface area contributed by atoms with Crippen LogP contribution in [0, 0.1) is 0 Å². The fourth-order valence-electron chi connectivity index (χ4n) is 3.14. The molecule has 0 saturated carbocycles. The van der Waals surface area contributed by atoms with Crippen LogP contribution in [0.1, 0.15) is 29.3 Å². The molecule has 1 aliphatic heterocycles. The van der Waals surface area contributed by atoms with Crippen LogP contribution in [0.2, 0.25) is 0 Å². The molecule has 1 unspecified atom stereocenters. The minimum absolute atomic E-state index is 0.192. The number of ether oxygens (including phenoxy) is 1. The van der Waals surface area contributed by atoms with Crippen molar-refractivity contribution in [2.24, 2.45) is 0 Å². The lowest BCUT2D eigenvalue weighted by molar-refractivity contribution is -0.126. The van der Waals surface area contributed by atoms with E-state index in [9.17, 15) is 9.59 Å². The number of fused-ring (bicyclic) bond motifs is 1. The molecule has 0 fully saturated rings. The molecule has 2 aromatic carbocycles. The van der Waals surface area contributed by atoms with Gasteiger partial charge in [0, 0.05) is 25.0 Å². The van der Waals surface area contributed by atoms with Crippen molar-refractivity contribution in [2.45, 2.75) is 25.9 Å². The third-order valence-electron chi connectivity index (χ3n) is 4.42. The third kappa shape index (κ3) is 3.50. The first-order valence-electron chi connectivity index (χ1n) is 8.49. The van der Waals surface area contributed by atoms with Gasteiger partial charge in [-0.15, -0.1) is 0 Å². The standard InChI is InChI=1S/C20H22N2O3/c1-14(25-20(24)16-10-4-5-11-17(16)21-2)19(23)22-13-7-9-15-8-3-6-12-18(15)22/h3-6,8,10-12,14,21H,7,9,13H2,1-2H3. The summed E-state index contributed by atoms with van der Waals surface area (Å²) >= 11 is 0. The average Bonchev–Trinajstić information content (AvgIpc) is 2.66. The van der Waals surface area contributed by atoms with Crippen molar-refractivity contribution in [3.05, 3.63) is 59.7 Å². The number of carbonyl (C=O) groups is 2. The van der Waals surface area contributed by atoms with E-state index in [2.05, 4.69) is 5.32 Å². The van der Waals surface area contributed by atoms with Crippen LogP contribution in [0.25, 0.3) is 0 Å². The summed E-state index contributed by atoms with van der Waals surface area (Å²) in [6.45, 7) is 2.27. The Morgan fingerprint density at radius 3 is 2.64 bits per heavy atom. The molecule has 1 N–H and O–H groups in total. The van der Waals surface area contributed by atoms with E-state index in [-0.39, 0.29) is 5.91 Å². The van der Waals surface area contributed by atoms with E-state index in [1.165, 1.54) is 0 Å². The molecule has 1 amide bonds. The summed E-state index contributed by atoms with van der Waals surface area (Å²) < 4.78 is 5.44. The molecule has 0 bridgehead atoms. The molecule has 0 aromatic heterocycles. The Morgan fingerprint density at radius 1 is 1.12 bits per heavy atom. The molecular weight excluding hydrogens is 316 g/mol. The van der Waals surface area contributed by atoms with Crippen molar-refractivity contribution in [3.8, 4) is 0 Å². The molecule has 1 aliphatic rings. The van der Waals surface area contributed by atoms with E-state index in [0.29, 0.717) is 17.8 Å². The Hall–Kier alpha value is -2.82. The summed E-state index contributed by atoms with van der Waals surface area (Å²) in [6.07, 6.45) is 1.03. The predicted molar refractivity (Wildman–Crippen MR) is 98.0 cm³/mol. The van der Waals surface area contributed by atoms with E-state index in [1.54, 1.807) is 37.1 Å². The fourth-order valence-corrected chi connectivity index (χ4v) is 3.14. The smallest absolute Gasteiger partial charge is 0.341 e. The maximum atomic E-state index is 12.8. The number of esters is 1. The molecule has 3 rings (SSSR count). The van der Waals surface area contributed by atoms with E-state index in [4.69, 9.17) is 4.74 Å². The maximum absolute atomic E-state index is 12.8. The number of amides is 1. The van der Waals surface area contributed by atoms with Crippen molar-refractivity contribution in [2.75, 3.05) is 23.8 Å². The number of rotatable bonds is 4. The van der Waals surface area contributed by atoms with Gasteiger partial charge in [-0.3, -0.25) is 4.79 Å². The molecule has 1 heterocycles. The molecule has 5 nitrogen and oxygen atoms in total. The van der Waals surface area contributed by atoms with Gasteiger partial charge in [0.05, 0.1) is 5.56 Å². The van der Waals surface area contributed by atoms with Crippen molar-refractivity contribution >= 4 is 23.3 Å². The Balaban J connectivity index is 1.74. The molecule has 0 spiro atoms. The second-order valence-electron chi connectivity index (χ2n) is 6.07. The van der Waals surface area contributed by atoms with Gasteiger partial charge >= 0.3 is 5.97 Å². The zero-order chi connectivity index (χ0) is 17.8. The highest BCUT2D eigenvalue weighted by atomic mass is 16.5. The molecule has 0 radical (unpaired) electrons. The second-order valence-corrected chi connectivity index (χ2v) is 6.07. The number of benzene rings is 2. The molecule has 5 heteroatoms. The quantitative estimate of drug-likeness (QED) is 0.870. The summed E-state index contributed by atoms with van der Waals surface area (Å²) in [6, 6.07) is 15.0. The molecule has 0 saturated heterocycles. The van der Waals surface area contributed by atoms with Crippen LogP contribution >= 0.6 is 0 Å². The van der Waals surface area contributed by atoms with Crippen LogP contribution in [0.15, 0.2) is 48.5 Å². The van der Waals surface area contributed by atoms with E-state index in [1.807, 2.05) is 30.3 Å². The summed E-state index contributed by atoms with van der Waals surface area (Å²) in [4.78, 5) is 27.0. The van der Waals surface area contributed by atoms with Gasteiger partial charge in [0.2, 0.25) is 0 Å². The van der Waals surface area contributed by atoms with Gasteiger partial charge in [-0.05, 0) is 43.5 Å². The highest BCUT2D eigenvalue weighted by Gasteiger charge is 2.28. The number of nitrogens with one attached hydrogen (secondary N) is 1. The van der Waals surface area contributed by atoms with Crippen molar-refractivity contribution in [3.63, 3.8) is 0 Å². The fraction of sp³-hybridized carbons (Fsp3) is 0.300. The Bertz CT molecular complexity index is 788. The summed E-state index contributed by atoms with van der Waals surface area (Å²) in [5.41, 5.74) is 3.16. The van der Waals surface area contributed by atoms with Crippen LogP contribution in [0.3, 0.4) is 0 Å². The van der Waals surface area contributed by atoms with E-state index in [0.717, 1.165) is 24.1 Å². The van der Waals surface area contributed by atoms with Gasteiger partial charge in [0.1, 0.15) is 0 Å². The number of para-hydroxylation sites is 2. The third-order valence-corrected chi connectivity index (χ3v) is 4.42. The van der Waals surface area contributed by atoms with Gasteiger partial charge in [0.15, 0.2) is 6.10 Å². The molecular formula is C20H22N2O3. The number of carbonyl (C=O) groups excluding carboxylic acids is 2. The van der Waals surface area contributed by atoms with Gasteiger partial charge in [0.25, 0.3) is 5.91 Å². The number of nitrogens with zero attached hydrogens (tertiary/aromatic N) is 1. The molecule has 1 atom stereocenters. The average molecular weight is 338 g/mol. The normalized spacial score (nSPS) is 14.4. The van der Waals surface area contributed by atoms with Gasteiger partial charge in [-0.25, -0.2) is 4.79 Å². The second kappa shape index (κ2) is 7.38. The number of hydrogen-bond acceptors (Lipinski definition) is 4. The Labute approximate surface area is 147 Å². The van der Waals surface area contributed by atoms with Crippen molar-refractivity contribution in [1.29, 1.82) is 0 Å². The zero-order valence-electron chi connectivity index (χ0n) is 14.5. The number of aryl methyl sites for hydroxylation is 1. The van der Waals surface area contributed by atoms with Gasteiger partial charge in [-0.1, -0.05) is 30.3 Å². The summed E-state index contributed by atoms with van der Waals surface area (Å²) in [7, 11) is 1.74. The Morgan fingerprint density at radius 2 is 1.84 bits per heavy atom. The van der Waals surface area contributed by atoms with Crippen LogP contribution < -0.4 is 10.2 Å². The first kappa shape index (κ1) is 17.0. The maximum Gasteiger partial charge on any atom is 0.341 e. The van der Waals surface area contributed by atoms with Crippen LogP contribution in [-0.4, -0.2) is 31.6 Å². The SMILES string of the molecule is CNc1ccccc1C(=O)OC(C)C(=O)N1CCCc2ccccc21. The molecule has 25 heavy (non-hydrogen) atoms. The highest BCUT2D eigenvalue weighted by molar-refractivity contribution is 6.01. The largest absolute Gasteiger partial charge is 0.449 e. The predicted octanol–water partition coefficient (Wildman–Crippen LogP) is 3.25. The van der Waals surface area contributed by atoms with Gasteiger partial charge in [-0.2, -0.15) is 0 Å². The minimum atomic E-state index is -0.844. The van der Waals surface area contributed by atoms with Crippen LogP contribution in [0.4, 0.5) is 11.4 Å². The molecule has 130 valence electrons. The minimum Gasteiger partial charge on any atom is -0.449 e. The lowest BCUT2D eigenvalue weighted by Crippen LogP contribution is -2.42. The van der Waals surface area contributed by atoms with Crippen molar-refractivity contribution < 1.29 is 14.3 Å². The lowest BCUT2D eigenvalue weighted by atomic mass is 10.0. The van der Waals surface area contributed by atoms with Crippen molar-refractivity contribution in [1.82, 2.24) is 0 Å². The summed E-state index contributed by atoms with van der Waals surface area (Å²) in [5.74, 6) is -0.696. The first-order chi connectivity index (χ1) is 12.1. The van der Waals surface area contributed by atoms with E-state index < -0.39 is 12.1 Å². The van der Waals surface area contributed by atoms with Crippen LogP contribution in [-0.2, 0) is 16.0 Å². The van der Waals surface area contributed by atoms with Gasteiger partial charge < -0.3 is 15.0 Å². The number of anilines is 2. The lowest BCUT2D eigenvalue weighted by Gasteiger charge is -2.31. The summed E-state index contributed by atoms with van der Waals surface area (Å²) in [5, 5.41) is 2.96. The molecule has 2 aromatic rings. The van der Waals surface area contributed by atoms with E-state index >= 15 is 0 Å². The number of hydrogen-bond donors (Lipinski definition) is 1.